The first kappa shape index (κ1) is 20.2. The molecule has 0 unspecified atom stereocenters. The van der Waals surface area contributed by atoms with Gasteiger partial charge in [-0.3, -0.25) is 9.59 Å². The van der Waals surface area contributed by atoms with Crippen molar-refractivity contribution in [3.05, 3.63) is 35.9 Å². The molecule has 0 saturated heterocycles. The number of methoxy groups -OCH3 is 1. The minimum atomic E-state index is -0.687. The lowest BCUT2D eigenvalue weighted by Gasteiger charge is -2.13. The monoisotopic (exact) mass is 348 g/mol. The van der Waals surface area contributed by atoms with Crippen molar-refractivity contribution in [2.24, 2.45) is 0 Å². The van der Waals surface area contributed by atoms with Crippen molar-refractivity contribution in [1.82, 2.24) is 10.6 Å². The summed E-state index contributed by atoms with van der Waals surface area (Å²) in [6, 6.07) is 6.41. The molecular formula is C18H24N2O5. The normalized spacial score (nSPS) is 11.6. The van der Waals surface area contributed by atoms with E-state index in [4.69, 9.17) is 9.47 Å². The number of carbonyl (C=O) groups is 3. The van der Waals surface area contributed by atoms with Gasteiger partial charge in [0.15, 0.2) is 6.61 Å². The second kappa shape index (κ2) is 10.9. The number of ether oxygens (including phenoxy) is 2. The van der Waals surface area contributed by atoms with E-state index in [9.17, 15) is 14.4 Å². The summed E-state index contributed by atoms with van der Waals surface area (Å²) in [7, 11) is 1.57. The van der Waals surface area contributed by atoms with E-state index >= 15 is 0 Å². The Morgan fingerprint density at radius 1 is 1.20 bits per heavy atom. The summed E-state index contributed by atoms with van der Waals surface area (Å²) in [6.07, 6.45) is 3.61. The van der Waals surface area contributed by atoms with Gasteiger partial charge in [0, 0.05) is 12.6 Å². The predicted octanol–water partition coefficient (Wildman–Crippen LogP) is 1.28. The summed E-state index contributed by atoms with van der Waals surface area (Å²) in [6.45, 7) is 3.60. The van der Waals surface area contributed by atoms with Gasteiger partial charge in [-0.25, -0.2) is 4.79 Å². The summed E-state index contributed by atoms with van der Waals surface area (Å²) in [5.74, 6) is -0.742. The number of esters is 1. The van der Waals surface area contributed by atoms with Gasteiger partial charge in [-0.2, -0.15) is 0 Å². The van der Waals surface area contributed by atoms with E-state index in [1.54, 1.807) is 44.4 Å². The Morgan fingerprint density at radius 2 is 1.88 bits per heavy atom. The maximum absolute atomic E-state index is 11.7. The van der Waals surface area contributed by atoms with Crippen LogP contribution >= 0.6 is 0 Å². The SMILES string of the molecule is CCCNC(=O)[C@H](C)NC(=O)COC(=O)/C=C/c1ccc(OC)cc1. The van der Waals surface area contributed by atoms with Crippen LogP contribution < -0.4 is 15.4 Å². The summed E-state index contributed by atoms with van der Waals surface area (Å²) in [5, 5.41) is 5.13. The van der Waals surface area contributed by atoms with Crippen LogP contribution in [0.25, 0.3) is 6.08 Å². The molecule has 2 amide bonds. The highest BCUT2D eigenvalue weighted by Crippen LogP contribution is 2.12. The topological polar surface area (TPSA) is 93.7 Å². The fourth-order valence-electron chi connectivity index (χ4n) is 1.81. The van der Waals surface area contributed by atoms with E-state index in [0.29, 0.717) is 12.3 Å². The third-order valence-electron chi connectivity index (χ3n) is 3.19. The van der Waals surface area contributed by atoms with Crippen LogP contribution in [0.1, 0.15) is 25.8 Å². The van der Waals surface area contributed by atoms with E-state index in [2.05, 4.69) is 10.6 Å². The van der Waals surface area contributed by atoms with Crippen LogP contribution in [0.4, 0.5) is 0 Å². The maximum Gasteiger partial charge on any atom is 0.331 e. The van der Waals surface area contributed by atoms with Crippen LogP contribution in [-0.4, -0.2) is 44.1 Å². The zero-order valence-corrected chi connectivity index (χ0v) is 14.7. The lowest BCUT2D eigenvalue weighted by molar-refractivity contribution is -0.144. The van der Waals surface area contributed by atoms with Crippen molar-refractivity contribution in [2.75, 3.05) is 20.3 Å². The Hall–Kier alpha value is -2.83. The molecule has 7 nitrogen and oxygen atoms in total. The van der Waals surface area contributed by atoms with Gasteiger partial charge in [0.1, 0.15) is 11.8 Å². The van der Waals surface area contributed by atoms with Crippen LogP contribution in [0.5, 0.6) is 5.75 Å². The molecule has 0 fully saturated rings. The fourth-order valence-corrected chi connectivity index (χ4v) is 1.81. The molecule has 1 rings (SSSR count). The molecule has 1 atom stereocenters. The van der Waals surface area contributed by atoms with Gasteiger partial charge >= 0.3 is 5.97 Å². The first-order chi connectivity index (χ1) is 12.0. The third-order valence-corrected chi connectivity index (χ3v) is 3.19. The van der Waals surface area contributed by atoms with Crippen LogP contribution in [0.3, 0.4) is 0 Å². The average Bonchev–Trinajstić information content (AvgIpc) is 2.62. The molecule has 0 radical (unpaired) electrons. The number of hydrogen-bond donors (Lipinski definition) is 2. The molecule has 0 aliphatic rings. The van der Waals surface area contributed by atoms with Crippen LogP contribution in [0.15, 0.2) is 30.3 Å². The first-order valence-corrected chi connectivity index (χ1v) is 8.02. The Balaban J connectivity index is 2.35. The predicted molar refractivity (Wildman–Crippen MR) is 93.9 cm³/mol. The molecule has 7 heteroatoms. The molecule has 0 aliphatic carbocycles. The standard InChI is InChI=1S/C18H24N2O5/c1-4-11-19-18(23)13(2)20-16(21)12-25-17(22)10-7-14-5-8-15(24-3)9-6-14/h5-10,13H,4,11-12H2,1-3H3,(H,19,23)(H,20,21)/b10-7+/t13-/m0/s1. The lowest BCUT2D eigenvalue weighted by Crippen LogP contribution is -2.46. The van der Waals surface area contributed by atoms with Crippen molar-refractivity contribution < 1.29 is 23.9 Å². The highest BCUT2D eigenvalue weighted by atomic mass is 16.5. The zero-order valence-electron chi connectivity index (χ0n) is 14.7. The van der Waals surface area contributed by atoms with Crippen molar-refractivity contribution in [3.63, 3.8) is 0 Å². The summed E-state index contributed by atoms with van der Waals surface area (Å²) in [4.78, 5) is 34.9. The minimum Gasteiger partial charge on any atom is -0.497 e. The van der Waals surface area contributed by atoms with Crippen molar-refractivity contribution in [3.8, 4) is 5.75 Å². The van der Waals surface area contributed by atoms with Gasteiger partial charge in [-0.1, -0.05) is 19.1 Å². The first-order valence-electron chi connectivity index (χ1n) is 8.02. The van der Waals surface area contributed by atoms with Crippen LogP contribution in [0, 0.1) is 0 Å². The van der Waals surface area contributed by atoms with Gasteiger partial charge < -0.3 is 20.1 Å². The van der Waals surface area contributed by atoms with E-state index in [0.717, 1.165) is 12.0 Å². The molecule has 2 N–H and O–H groups in total. The van der Waals surface area contributed by atoms with E-state index in [1.807, 2.05) is 6.92 Å². The lowest BCUT2D eigenvalue weighted by atomic mass is 10.2. The van der Waals surface area contributed by atoms with Crippen LogP contribution in [-0.2, 0) is 19.1 Å². The molecule has 136 valence electrons. The molecule has 0 aromatic heterocycles. The Labute approximate surface area is 147 Å². The summed E-state index contributed by atoms with van der Waals surface area (Å²) < 4.78 is 9.88. The molecule has 1 aromatic rings. The van der Waals surface area contributed by atoms with Gasteiger partial charge in [0.25, 0.3) is 5.91 Å². The highest BCUT2D eigenvalue weighted by molar-refractivity contribution is 5.91. The molecule has 0 spiro atoms. The number of rotatable bonds is 9. The van der Waals surface area contributed by atoms with Gasteiger partial charge in [0.05, 0.1) is 7.11 Å². The summed E-state index contributed by atoms with van der Waals surface area (Å²) in [5.41, 5.74) is 0.795. The third kappa shape index (κ3) is 8.01. The molecule has 0 heterocycles. The second-order valence-electron chi connectivity index (χ2n) is 5.29. The number of hydrogen-bond acceptors (Lipinski definition) is 5. The number of benzene rings is 1. The Bertz CT molecular complexity index is 610. The van der Waals surface area contributed by atoms with Crippen molar-refractivity contribution in [1.29, 1.82) is 0 Å². The smallest absolute Gasteiger partial charge is 0.331 e. The highest BCUT2D eigenvalue weighted by Gasteiger charge is 2.15. The maximum atomic E-state index is 11.7. The largest absolute Gasteiger partial charge is 0.497 e. The molecule has 0 saturated carbocycles. The number of carbonyl (C=O) groups excluding carboxylic acids is 3. The van der Waals surface area contributed by atoms with E-state index in [1.165, 1.54) is 6.08 Å². The van der Waals surface area contributed by atoms with E-state index in [-0.39, 0.29) is 5.91 Å². The molecule has 25 heavy (non-hydrogen) atoms. The summed E-state index contributed by atoms with van der Waals surface area (Å²) >= 11 is 0. The fraction of sp³-hybridized carbons (Fsp3) is 0.389. The quantitative estimate of drug-likeness (QED) is 0.518. The zero-order chi connectivity index (χ0) is 18.7. The average molecular weight is 348 g/mol. The molecule has 0 aliphatic heterocycles. The minimum absolute atomic E-state index is 0.277. The van der Waals surface area contributed by atoms with Crippen LogP contribution in [0.2, 0.25) is 0 Å². The van der Waals surface area contributed by atoms with Gasteiger partial charge in [-0.15, -0.1) is 0 Å². The van der Waals surface area contributed by atoms with Gasteiger partial charge in [0.2, 0.25) is 5.91 Å². The second-order valence-corrected chi connectivity index (χ2v) is 5.29. The van der Waals surface area contributed by atoms with E-state index < -0.39 is 24.5 Å². The Morgan fingerprint density at radius 3 is 2.48 bits per heavy atom. The molecule has 0 bridgehead atoms. The van der Waals surface area contributed by atoms with Gasteiger partial charge in [-0.05, 0) is 37.1 Å². The number of nitrogens with one attached hydrogen (secondary N) is 2. The number of amides is 2. The molecule has 1 aromatic carbocycles. The van der Waals surface area contributed by atoms with Crippen molar-refractivity contribution in [2.45, 2.75) is 26.3 Å². The molecular weight excluding hydrogens is 324 g/mol. The Kier molecular flexibility index (Phi) is 8.78. The van der Waals surface area contributed by atoms with Crippen molar-refractivity contribution >= 4 is 23.9 Å².